The van der Waals surface area contributed by atoms with Gasteiger partial charge in [-0.05, 0) is 31.6 Å². The van der Waals surface area contributed by atoms with Gasteiger partial charge >= 0.3 is 5.97 Å². The maximum absolute atomic E-state index is 12.7. The van der Waals surface area contributed by atoms with Gasteiger partial charge in [-0.25, -0.2) is 12.7 Å². The van der Waals surface area contributed by atoms with Gasteiger partial charge in [0.15, 0.2) is 0 Å². The first-order valence-electron chi connectivity index (χ1n) is 7.03. The summed E-state index contributed by atoms with van der Waals surface area (Å²) in [5, 5.41) is -0.578. The summed E-state index contributed by atoms with van der Waals surface area (Å²) in [6, 6.07) is 0. The SMILES string of the molecule is COC(=O)C1CCCC1S(=O)(=O)N1CCCC(C)C1. The number of hydrogen-bond donors (Lipinski definition) is 0. The molecule has 6 heteroatoms. The molecule has 0 aromatic heterocycles. The molecule has 3 unspecified atom stereocenters. The Labute approximate surface area is 115 Å². The Morgan fingerprint density at radius 1 is 1.21 bits per heavy atom. The summed E-state index contributed by atoms with van der Waals surface area (Å²) < 4.78 is 31.7. The topological polar surface area (TPSA) is 63.7 Å². The fourth-order valence-corrected chi connectivity index (χ4v) is 5.63. The molecule has 19 heavy (non-hydrogen) atoms. The molecule has 1 saturated carbocycles. The van der Waals surface area contributed by atoms with Crippen LogP contribution in [0, 0.1) is 11.8 Å². The predicted molar refractivity (Wildman–Crippen MR) is 72.0 cm³/mol. The van der Waals surface area contributed by atoms with E-state index in [1.165, 1.54) is 7.11 Å². The molecule has 1 aliphatic carbocycles. The number of rotatable bonds is 3. The third-order valence-electron chi connectivity index (χ3n) is 4.32. The molecule has 5 nitrogen and oxygen atoms in total. The van der Waals surface area contributed by atoms with E-state index in [0.717, 1.165) is 19.3 Å². The normalized spacial score (nSPS) is 33.3. The minimum absolute atomic E-state index is 0.379. The molecule has 0 aromatic carbocycles. The number of sulfonamides is 1. The highest BCUT2D eigenvalue weighted by Gasteiger charge is 2.45. The first-order chi connectivity index (χ1) is 8.96. The zero-order chi connectivity index (χ0) is 14.0. The van der Waals surface area contributed by atoms with E-state index in [2.05, 4.69) is 6.92 Å². The number of esters is 1. The lowest BCUT2D eigenvalue weighted by Crippen LogP contribution is -2.46. The average Bonchev–Trinajstić information content (AvgIpc) is 2.87. The number of hydrogen-bond acceptors (Lipinski definition) is 4. The smallest absolute Gasteiger partial charge is 0.310 e. The summed E-state index contributed by atoms with van der Waals surface area (Å²) in [6.45, 7) is 3.26. The van der Waals surface area contributed by atoms with Gasteiger partial charge in [0, 0.05) is 13.1 Å². The summed E-state index contributed by atoms with van der Waals surface area (Å²) in [7, 11) is -2.04. The Morgan fingerprint density at radius 2 is 1.95 bits per heavy atom. The van der Waals surface area contributed by atoms with Gasteiger partial charge in [0.05, 0.1) is 18.3 Å². The Bertz CT molecular complexity index is 434. The van der Waals surface area contributed by atoms with Crippen molar-refractivity contribution in [2.45, 2.75) is 44.3 Å². The first-order valence-corrected chi connectivity index (χ1v) is 8.54. The van der Waals surface area contributed by atoms with E-state index in [9.17, 15) is 13.2 Å². The highest BCUT2D eigenvalue weighted by molar-refractivity contribution is 7.89. The van der Waals surface area contributed by atoms with E-state index in [0.29, 0.717) is 31.8 Å². The molecular formula is C13H23NO4S. The van der Waals surface area contributed by atoms with Crippen LogP contribution in [-0.2, 0) is 19.6 Å². The van der Waals surface area contributed by atoms with Crippen molar-refractivity contribution in [3.05, 3.63) is 0 Å². The number of carbonyl (C=O) groups is 1. The molecule has 110 valence electrons. The molecule has 0 spiro atoms. The predicted octanol–water partition coefficient (Wildman–Crippen LogP) is 1.39. The van der Waals surface area contributed by atoms with Gasteiger partial charge in [-0.3, -0.25) is 4.79 Å². The van der Waals surface area contributed by atoms with Gasteiger partial charge in [0.1, 0.15) is 0 Å². The molecule has 1 aliphatic heterocycles. The molecule has 0 N–H and O–H groups in total. The Kier molecular flexibility index (Phi) is 4.50. The van der Waals surface area contributed by atoms with Crippen molar-refractivity contribution in [3.63, 3.8) is 0 Å². The number of piperidine rings is 1. The van der Waals surface area contributed by atoms with Crippen LogP contribution in [0.2, 0.25) is 0 Å². The third-order valence-corrected chi connectivity index (χ3v) is 6.70. The zero-order valence-electron chi connectivity index (χ0n) is 11.7. The van der Waals surface area contributed by atoms with Crippen molar-refractivity contribution in [1.82, 2.24) is 4.31 Å². The molecular weight excluding hydrogens is 266 g/mol. The lowest BCUT2D eigenvalue weighted by Gasteiger charge is -2.33. The van der Waals surface area contributed by atoms with Gasteiger partial charge in [-0.2, -0.15) is 0 Å². The highest BCUT2D eigenvalue weighted by Crippen LogP contribution is 2.35. The largest absolute Gasteiger partial charge is 0.469 e. The van der Waals surface area contributed by atoms with Crippen molar-refractivity contribution in [2.75, 3.05) is 20.2 Å². The van der Waals surface area contributed by atoms with Crippen LogP contribution in [0.25, 0.3) is 0 Å². The quantitative estimate of drug-likeness (QED) is 0.737. The van der Waals surface area contributed by atoms with Crippen LogP contribution in [0.5, 0.6) is 0 Å². The van der Waals surface area contributed by atoms with Crippen molar-refractivity contribution >= 4 is 16.0 Å². The molecule has 0 amide bonds. The van der Waals surface area contributed by atoms with E-state index in [1.54, 1.807) is 4.31 Å². The van der Waals surface area contributed by atoms with Crippen LogP contribution >= 0.6 is 0 Å². The maximum Gasteiger partial charge on any atom is 0.310 e. The standard InChI is InChI=1S/C13H23NO4S/c1-10-5-4-8-14(9-10)19(16,17)12-7-3-6-11(12)13(15)18-2/h10-12H,3-9H2,1-2H3. The van der Waals surface area contributed by atoms with Crippen molar-refractivity contribution in [2.24, 2.45) is 11.8 Å². The highest BCUT2D eigenvalue weighted by atomic mass is 32.2. The second kappa shape index (κ2) is 5.79. The molecule has 1 heterocycles. The molecule has 2 aliphatic rings. The van der Waals surface area contributed by atoms with Crippen LogP contribution in [0.15, 0.2) is 0 Å². The lowest BCUT2D eigenvalue weighted by atomic mass is 10.0. The third kappa shape index (κ3) is 2.94. The fraction of sp³-hybridized carbons (Fsp3) is 0.923. The van der Waals surface area contributed by atoms with E-state index < -0.39 is 21.2 Å². The van der Waals surface area contributed by atoms with Gasteiger partial charge in [-0.15, -0.1) is 0 Å². The van der Waals surface area contributed by atoms with E-state index in [-0.39, 0.29) is 5.97 Å². The molecule has 1 saturated heterocycles. The summed E-state index contributed by atoms with van der Waals surface area (Å²) in [4.78, 5) is 11.7. The fourth-order valence-electron chi connectivity index (χ4n) is 3.27. The Morgan fingerprint density at radius 3 is 2.58 bits per heavy atom. The van der Waals surface area contributed by atoms with Gasteiger partial charge in [-0.1, -0.05) is 13.3 Å². The molecule has 0 bridgehead atoms. The average molecular weight is 289 g/mol. The van der Waals surface area contributed by atoms with E-state index >= 15 is 0 Å². The summed E-state index contributed by atoms with van der Waals surface area (Å²) in [5.74, 6) is -0.454. The second-order valence-corrected chi connectivity index (χ2v) is 7.90. The van der Waals surface area contributed by atoms with Gasteiger partial charge < -0.3 is 4.74 Å². The number of methoxy groups -OCH3 is 1. The summed E-state index contributed by atoms with van der Waals surface area (Å²) in [5.41, 5.74) is 0. The molecule has 0 radical (unpaired) electrons. The minimum Gasteiger partial charge on any atom is -0.469 e. The summed E-state index contributed by atoms with van der Waals surface area (Å²) in [6.07, 6.45) is 3.98. The number of nitrogens with zero attached hydrogens (tertiary/aromatic N) is 1. The minimum atomic E-state index is -3.37. The lowest BCUT2D eigenvalue weighted by molar-refractivity contribution is -0.145. The zero-order valence-corrected chi connectivity index (χ0v) is 12.5. The van der Waals surface area contributed by atoms with E-state index in [4.69, 9.17) is 4.74 Å². The molecule has 2 fully saturated rings. The van der Waals surface area contributed by atoms with Crippen molar-refractivity contribution < 1.29 is 17.9 Å². The second-order valence-electron chi connectivity index (χ2n) is 5.75. The van der Waals surface area contributed by atoms with Crippen LogP contribution < -0.4 is 0 Å². The first kappa shape index (κ1) is 14.8. The number of carbonyl (C=O) groups excluding carboxylic acids is 1. The Hall–Kier alpha value is -0.620. The van der Waals surface area contributed by atoms with Gasteiger partial charge in [0.25, 0.3) is 0 Å². The molecule has 0 aromatic rings. The van der Waals surface area contributed by atoms with E-state index in [1.807, 2.05) is 0 Å². The number of ether oxygens (including phenoxy) is 1. The van der Waals surface area contributed by atoms with Crippen LogP contribution in [-0.4, -0.2) is 44.1 Å². The van der Waals surface area contributed by atoms with Crippen molar-refractivity contribution in [3.8, 4) is 0 Å². The van der Waals surface area contributed by atoms with Crippen LogP contribution in [0.4, 0.5) is 0 Å². The van der Waals surface area contributed by atoms with Crippen molar-refractivity contribution in [1.29, 1.82) is 0 Å². The molecule has 3 atom stereocenters. The summed E-state index contributed by atoms with van der Waals surface area (Å²) >= 11 is 0. The maximum atomic E-state index is 12.7. The molecule has 2 rings (SSSR count). The Balaban J connectivity index is 2.16. The van der Waals surface area contributed by atoms with Crippen LogP contribution in [0.3, 0.4) is 0 Å². The van der Waals surface area contributed by atoms with Crippen LogP contribution in [0.1, 0.15) is 39.0 Å². The van der Waals surface area contributed by atoms with Gasteiger partial charge in [0.2, 0.25) is 10.0 Å². The monoisotopic (exact) mass is 289 g/mol.